The maximum atomic E-state index is 12.4. The van der Waals surface area contributed by atoms with Crippen molar-refractivity contribution in [3.8, 4) is 0 Å². The summed E-state index contributed by atoms with van der Waals surface area (Å²) in [5.74, 6) is 0.586. The summed E-state index contributed by atoms with van der Waals surface area (Å²) in [7, 11) is 3.26. The highest BCUT2D eigenvalue weighted by atomic mass is 16.2. The van der Waals surface area contributed by atoms with Crippen molar-refractivity contribution in [2.45, 2.75) is 25.3 Å². The number of nitrogens with zero attached hydrogens (tertiary/aromatic N) is 5. The molecule has 3 heterocycles. The first-order valence-corrected chi connectivity index (χ1v) is 7.05. The third kappa shape index (κ3) is 1.95. The van der Waals surface area contributed by atoms with E-state index in [1.807, 2.05) is 6.92 Å². The van der Waals surface area contributed by atoms with Crippen molar-refractivity contribution in [1.29, 1.82) is 0 Å². The van der Waals surface area contributed by atoms with Gasteiger partial charge in [-0.05, 0) is 25.3 Å². The van der Waals surface area contributed by atoms with Crippen LogP contribution in [-0.4, -0.2) is 64.4 Å². The van der Waals surface area contributed by atoms with E-state index in [1.54, 1.807) is 31.4 Å². The predicted octanol–water partition coefficient (Wildman–Crippen LogP) is 0.648. The lowest BCUT2D eigenvalue weighted by Gasteiger charge is -2.40. The molecule has 0 bridgehead atoms. The number of likely N-dealkylation sites (N-methyl/N-ethyl adjacent to an activating group) is 2. The van der Waals surface area contributed by atoms with Gasteiger partial charge < -0.3 is 9.80 Å². The summed E-state index contributed by atoms with van der Waals surface area (Å²) < 4.78 is 0. The molecule has 7 nitrogen and oxygen atoms in total. The number of anilines is 1. The Balaban J connectivity index is 1.77. The van der Waals surface area contributed by atoms with Crippen LogP contribution in [0.3, 0.4) is 0 Å². The third-order valence-electron chi connectivity index (χ3n) is 4.56. The van der Waals surface area contributed by atoms with E-state index in [0.29, 0.717) is 31.9 Å². The van der Waals surface area contributed by atoms with Crippen LogP contribution in [0.25, 0.3) is 0 Å². The number of amides is 3. The molecular weight excluding hydrogens is 270 g/mol. The van der Waals surface area contributed by atoms with E-state index in [1.165, 1.54) is 4.90 Å². The quantitative estimate of drug-likeness (QED) is 0.710. The van der Waals surface area contributed by atoms with E-state index < -0.39 is 5.54 Å². The fourth-order valence-electron chi connectivity index (χ4n) is 3.13. The number of rotatable bonds is 1. The molecule has 1 spiro atoms. The molecule has 0 radical (unpaired) electrons. The Bertz CT molecular complexity index is 578. The molecule has 0 atom stereocenters. The molecule has 2 fully saturated rings. The first-order chi connectivity index (χ1) is 9.95. The first kappa shape index (κ1) is 13.8. The zero-order chi connectivity index (χ0) is 15.2. The van der Waals surface area contributed by atoms with Crippen molar-refractivity contribution in [3.63, 3.8) is 0 Å². The number of hydrogen-bond acceptors (Lipinski definition) is 5. The topological polar surface area (TPSA) is 69.6 Å². The second-order valence-electron chi connectivity index (χ2n) is 5.78. The number of piperidine rings is 1. The standard InChI is InChI=1S/C14H19N5O2/c1-10-8-15-12(16-9-10)19-6-4-14(5-7-19)11(20)17(2)13(21)18(14)3/h8-9H,4-7H2,1-3H3. The van der Waals surface area contributed by atoms with Gasteiger partial charge in [-0.3, -0.25) is 9.69 Å². The lowest BCUT2D eigenvalue weighted by Crippen LogP contribution is -2.55. The van der Waals surface area contributed by atoms with Gasteiger partial charge in [-0.2, -0.15) is 0 Å². The van der Waals surface area contributed by atoms with Gasteiger partial charge in [-0.25, -0.2) is 14.8 Å². The number of urea groups is 1. The zero-order valence-electron chi connectivity index (χ0n) is 12.5. The van der Waals surface area contributed by atoms with Gasteiger partial charge >= 0.3 is 6.03 Å². The van der Waals surface area contributed by atoms with Gasteiger partial charge in [-0.1, -0.05) is 0 Å². The highest BCUT2D eigenvalue weighted by Crippen LogP contribution is 2.35. The summed E-state index contributed by atoms with van der Waals surface area (Å²) in [5, 5.41) is 0. The Morgan fingerprint density at radius 1 is 1.10 bits per heavy atom. The van der Waals surface area contributed by atoms with Crippen molar-refractivity contribution in [3.05, 3.63) is 18.0 Å². The summed E-state index contributed by atoms with van der Waals surface area (Å²) in [6.07, 6.45) is 4.79. The molecule has 112 valence electrons. The molecule has 1 aromatic heterocycles. The minimum atomic E-state index is -0.687. The van der Waals surface area contributed by atoms with E-state index in [2.05, 4.69) is 14.9 Å². The molecule has 3 amide bonds. The van der Waals surface area contributed by atoms with Crippen molar-refractivity contribution >= 4 is 17.9 Å². The molecule has 0 aliphatic carbocycles. The third-order valence-corrected chi connectivity index (χ3v) is 4.56. The molecule has 7 heteroatoms. The average Bonchev–Trinajstić information content (AvgIpc) is 2.66. The summed E-state index contributed by atoms with van der Waals surface area (Å²) in [6.45, 7) is 3.28. The predicted molar refractivity (Wildman–Crippen MR) is 76.9 cm³/mol. The molecule has 21 heavy (non-hydrogen) atoms. The monoisotopic (exact) mass is 289 g/mol. The van der Waals surface area contributed by atoms with Crippen LogP contribution >= 0.6 is 0 Å². The van der Waals surface area contributed by atoms with Crippen LogP contribution in [0.5, 0.6) is 0 Å². The SMILES string of the molecule is Cc1cnc(N2CCC3(CC2)C(=O)N(C)C(=O)N3C)nc1. The highest BCUT2D eigenvalue weighted by Gasteiger charge is 2.55. The van der Waals surface area contributed by atoms with Crippen LogP contribution in [0.1, 0.15) is 18.4 Å². The Kier molecular flexibility index (Phi) is 3.07. The largest absolute Gasteiger partial charge is 0.341 e. The van der Waals surface area contributed by atoms with Gasteiger partial charge in [-0.15, -0.1) is 0 Å². The van der Waals surface area contributed by atoms with Gasteiger partial charge in [0.15, 0.2) is 0 Å². The fourth-order valence-corrected chi connectivity index (χ4v) is 3.13. The van der Waals surface area contributed by atoms with E-state index in [0.717, 1.165) is 5.56 Å². The molecule has 0 N–H and O–H groups in total. The lowest BCUT2D eigenvalue weighted by atomic mass is 9.86. The van der Waals surface area contributed by atoms with E-state index >= 15 is 0 Å². The lowest BCUT2D eigenvalue weighted by molar-refractivity contribution is -0.133. The summed E-state index contributed by atoms with van der Waals surface area (Å²) in [6, 6.07) is -0.222. The number of carbonyl (C=O) groups is 2. The van der Waals surface area contributed by atoms with Crippen LogP contribution < -0.4 is 4.90 Å². The van der Waals surface area contributed by atoms with Crippen LogP contribution in [0.4, 0.5) is 10.7 Å². The molecule has 1 aromatic rings. The minimum Gasteiger partial charge on any atom is -0.341 e. The molecule has 3 rings (SSSR count). The van der Waals surface area contributed by atoms with Gasteiger partial charge in [0.05, 0.1) is 0 Å². The summed E-state index contributed by atoms with van der Waals surface area (Å²) in [4.78, 5) is 37.9. The molecule has 2 aliphatic rings. The van der Waals surface area contributed by atoms with Crippen molar-refractivity contribution in [2.75, 3.05) is 32.1 Å². The van der Waals surface area contributed by atoms with Gasteiger partial charge in [0.25, 0.3) is 5.91 Å². The Hall–Kier alpha value is -2.18. The van der Waals surface area contributed by atoms with Gasteiger partial charge in [0.1, 0.15) is 5.54 Å². The Labute approximate surface area is 123 Å². The van der Waals surface area contributed by atoms with E-state index in [-0.39, 0.29) is 11.9 Å². The van der Waals surface area contributed by atoms with Crippen molar-refractivity contribution in [2.24, 2.45) is 0 Å². The second kappa shape index (κ2) is 4.68. The van der Waals surface area contributed by atoms with Crippen LogP contribution in [0.15, 0.2) is 12.4 Å². The molecule has 0 aromatic carbocycles. The number of carbonyl (C=O) groups excluding carboxylic acids is 2. The number of aryl methyl sites for hydroxylation is 1. The molecule has 2 saturated heterocycles. The second-order valence-corrected chi connectivity index (χ2v) is 5.78. The Morgan fingerprint density at radius 2 is 1.67 bits per heavy atom. The van der Waals surface area contributed by atoms with Gasteiger partial charge in [0.2, 0.25) is 5.95 Å². The summed E-state index contributed by atoms with van der Waals surface area (Å²) in [5.41, 5.74) is 0.331. The van der Waals surface area contributed by atoms with Crippen LogP contribution in [0.2, 0.25) is 0 Å². The maximum Gasteiger partial charge on any atom is 0.327 e. The van der Waals surface area contributed by atoms with Crippen molar-refractivity contribution < 1.29 is 9.59 Å². The molecule has 0 unspecified atom stereocenters. The zero-order valence-corrected chi connectivity index (χ0v) is 12.5. The molecule has 2 aliphatic heterocycles. The molecular formula is C14H19N5O2. The van der Waals surface area contributed by atoms with E-state index in [4.69, 9.17) is 0 Å². The normalized spacial score (nSPS) is 21.6. The number of aromatic nitrogens is 2. The Morgan fingerprint density at radius 3 is 2.14 bits per heavy atom. The average molecular weight is 289 g/mol. The van der Waals surface area contributed by atoms with Gasteiger partial charge in [0, 0.05) is 39.6 Å². The highest BCUT2D eigenvalue weighted by molar-refractivity contribution is 6.06. The number of hydrogen-bond donors (Lipinski definition) is 0. The molecule has 0 saturated carbocycles. The van der Waals surface area contributed by atoms with Crippen LogP contribution in [-0.2, 0) is 4.79 Å². The number of imide groups is 1. The van der Waals surface area contributed by atoms with Crippen LogP contribution in [0, 0.1) is 6.92 Å². The summed E-state index contributed by atoms with van der Waals surface area (Å²) >= 11 is 0. The van der Waals surface area contributed by atoms with Crippen molar-refractivity contribution in [1.82, 2.24) is 19.8 Å². The maximum absolute atomic E-state index is 12.4. The fraction of sp³-hybridized carbons (Fsp3) is 0.571. The smallest absolute Gasteiger partial charge is 0.327 e. The first-order valence-electron chi connectivity index (χ1n) is 7.05. The minimum absolute atomic E-state index is 0.0977. The van der Waals surface area contributed by atoms with E-state index in [9.17, 15) is 9.59 Å².